The average Bonchev–Trinajstić information content (AvgIpc) is 1.28. The third-order valence-electron chi connectivity index (χ3n) is 17.2. The molecule has 14 heteroatoms. The second-order valence-corrected chi connectivity index (χ2v) is 25.3. The molecule has 90 heavy (non-hydrogen) atoms. The van der Waals surface area contributed by atoms with Gasteiger partial charge in [0.1, 0.15) is 48.8 Å². The maximum atomic E-state index is 13.3. The molecule has 0 aromatic carbocycles. The lowest BCUT2D eigenvalue weighted by Crippen LogP contribution is -2.65. The predicted molar refractivity (Wildman–Crippen MR) is 369 cm³/mol. The minimum Gasteiger partial charge on any atom is -0.394 e. The Morgan fingerprint density at radius 1 is 0.411 bits per heavy atom. The summed E-state index contributed by atoms with van der Waals surface area (Å²) in [6.45, 7) is 2.67. The summed E-state index contributed by atoms with van der Waals surface area (Å²) in [5, 5.41) is 87.4. The highest BCUT2D eigenvalue weighted by molar-refractivity contribution is 5.76. The predicted octanol–water partition coefficient (Wildman–Crippen LogP) is 15.3. The van der Waals surface area contributed by atoms with E-state index >= 15 is 0 Å². The van der Waals surface area contributed by atoms with E-state index in [4.69, 9.17) is 18.9 Å². The molecule has 2 fully saturated rings. The van der Waals surface area contributed by atoms with E-state index in [9.17, 15) is 45.6 Å². The number of amides is 1. The summed E-state index contributed by atoms with van der Waals surface area (Å²) >= 11 is 0. The second kappa shape index (κ2) is 59.6. The van der Waals surface area contributed by atoms with Crippen LogP contribution >= 0.6 is 0 Å². The van der Waals surface area contributed by atoms with Gasteiger partial charge in [0.05, 0.1) is 32.0 Å². The standard InChI is InChI=1S/C76H133NO13/c1-3-5-7-9-11-13-15-17-19-21-23-25-27-28-29-30-31-32-33-34-35-36-38-39-41-43-45-47-49-51-53-55-57-59-65(80)64(63-87-75-73(86)71(84)74(67(62-79)89-75)90-76-72(85)70(83)69(82)66(61-78)88-76)77-68(81)60-58-56-54-52-50-48-46-44-42-40-37-26-24-22-20-18-16-14-12-10-8-6-4-2/h6,8,12,14,18,20,24,26,40-43,49,51,57,59,64-67,69-76,78-80,82-86H,3-5,7,9-11,13,15-17,19,21-23,25,27-39,44-48,50,52-56,58,60-63H2,1-2H3,(H,77,81)/b8-6-,14-12-,20-18-,26-24-,42-40-,43-41+,51-49+,59-57+. The largest absolute Gasteiger partial charge is 0.394 e. The monoisotopic (exact) mass is 1270 g/mol. The van der Waals surface area contributed by atoms with Crippen LogP contribution in [-0.4, -0.2) is 140 Å². The van der Waals surface area contributed by atoms with Crippen LogP contribution in [0.3, 0.4) is 0 Å². The van der Waals surface area contributed by atoms with Crippen molar-refractivity contribution in [3.8, 4) is 0 Å². The first kappa shape index (κ1) is 83.0. The summed E-state index contributed by atoms with van der Waals surface area (Å²) in [6, 6.07) is -0.953. The van der Waals surface area contributed by atoms with Gasteiger partial charge in [0.25, 0.3) is 0 Å². The summed E-state index contributed by atoms with van der Waals surface area (Å²) in [7, 11) is 0. The van der Waals surface area contributed by atoms with E-state index in [1.165, 1.54) is 148 Å². The average molecular weight is 1270 g/mol. The minimum absolute atomic E-state index is 0.251. The lowest BCUT2D eigenvalue weighted by atomic mass is 9.97. The molecule has 0 aliphatic carbocycles. The second-order valence-electron chi connectivity index (χ2n) is 25.3. The molecule has 2 heterocycles. The van der Waals surface area contributed by atoms with Crippen LogP contribution < -0.4 is 5.32 Å². The number of hydrogen-bond acceptors (Lipinski definition) is 13. The molecule has 2 aliphatic rings. The van der Waals surface area contributed by atoms with Gasteiger partial charge in [-0.05, 0) is 89.9 Å². The number of aliphatic hydroxyl groups is 8. The van der Waals surface area contributed by atoms with E-state index in [-0.39, 0.29) is 18.9 Å². The first-order valence-corrected chi connectivity index (χ1v) is 36.5. The number of carbonyl (C=O) groups is 1. The van der Waals surface area contributed by atoms with E-state index < -0.39 is 86.8 Å². The van der Waals surface area contributed by atoms with E-state index in [2.05, 4.69) is 104 Å². The zero-order chi connectivity index (χ0) is 65.2. The fourth-order valence-electron chi connectivity index (χ4n) is 11.5. The van der Waals surface area contributed by atoms with Crippen LogP contribution in [0.25, 0.3) is 0 Å². The van der Waals surface area contributed by atoms with E-state index in [1.54, 1.807) is 6.08 Å². The number of aliphatic hydroxyl groups excluding tert-OH is 8. The zero-order valence-electron chi connectivity index (χ0n) is 56.6. The number of ether oxygens (including phenoxy) is 4. The van der Waals surface area contributed by atoms with Crippen LogP contribution in [-0.2, 0) is 23.7 Å². The summed E-state index contributed by atoms with van der Waals surface area (Å²) in [5.41, 5.74) is 0. The van der Waals surface area contributed by atoms with Crippen molar-refractivity contribution in [3.05, 3.63) is 97.2 Å². The minimum atomic E-state index is -1.80. The SMILES string of the molecule is CC/C=C\C/C=C\C/C=C\C/C=C\C/C=C\CCCCCCCCCC(=O)NC(COC1OC(CO)C(OC2OC(CO)C(O)C(O)C2O)C(O)C1O)C(O)/C=C/CC/C=C/CC/C=C/CCCCCCCCCCCCCCCCCCCCCCCCC. The van der Waals surface area contributed by atoms with Gasteiger partial charge in [0, 0.05) is 6.42 Å². The molecule has 14 nitrogen and oxygen atoms in total. The van der Waals surface area contributed by atoms with E-state index in [0.717, 1.165) is 103 Å². The van der Waals surface area contributed by atoms with Crippen molar-refractivity contribution < 1.29 is 64.6 Å². The van der Waals surface area contributed by atoms with E-state index in [1.807, 2.05) is 6.08 Å². The number of rotatable bonds is 59. The molecule has 0 spiro atoms. The number of nitrogens with one attached hydrogen (secondary N) is 1. The van der Waals surface area contributed by atoms with Gasteiger partial charge in [0.15, 0.2) is 12.6 Å². The number of carbonyl (C=O) groups excluding carboxylic acids is 1. The Hall–Kier alpha value is -3.09. The molecular formula is C76H133NO13. The number of unbranched alkanes of at least 4 members (excludes halogenated alkanes) is 32. The van der Waals surface area contributed by atoms with Gasteiger partial charge in [0.2, 0.25) is 5.91 Å². The quantitative estimate of drug-likeness (QED) is 0.0204. The molecule has 0 aromatic rings. The Labute approximate surface area is 547 Å². The van der Waals surface area contributed by atoms with Crippen molar-refractivity contribution in [2.24, 2.45) is 0 Å². The van der Waals surface area contributed by atoms with Gasteiger partial charge in [-0.1, -0.05) is 284 Å². The fourth-order valence-corrected chi connectivity index (χ4v) is 11.5. The van der Waals surface area contributed by atoms with Crippen LogP contribution in [0.5, 0.6) is 0 Å². The van der Waals surface area contributed by atoms with Gasteiger partial charge in [-0.15, -0.1) is 0 Å². The maximum absolute atomic E-state index is 13.3. The molecule has 1 amide bonds. The first-order valence-electron chi connectivity index (χ1n) is 36.5. The molecule has 2 aliphatic heterocycles. The summed E-state index contributed by atoms with van der Waals surface area (Å²) in [6.07, 6.45) is 67.6. The summed E-state index contributed by atoms with van der Waals surface area (Å²) in [4.78, 5) is 13.3. The molecular weight excluding hydrogens is 1130 g/mol. The van der Waals surface area contributed by atoms with Crippen LogP contribution in [0.4, 0.5) is 0 Å². The van der Waals surface area contributed by atoms with Gasteiger partial charge in [-0.25, -0.2) is 0 Å². The zero-order valence-corrected chi connectivity index (χ0v) is 56.6. The van der Waals surface area contributed by atoms with Crippen LogP contribution in [0, 0.1) is 0 Å². The van der Waals surface area contributed by atoms with Crippen molar-refractivity contribution in [3.63, 3.8) is 0 Å². The number of allylic oxidation sites excluding steroid dienone is 15. The highest BCUT2D eigenvalue weighted by atomic mass is 16.7. The highest BCUT2D eigenvalue weighted by Crippen LogP contribution is 2.30. The Balaban J connectivity index is 1.69. The Bertz CT molecular complexity index is 1880. The molecule has 12 unspecified atom stereocenters. The lowest BCUT2D eigenvalue weighted by Gasteiger charge is -2.46. The van der Waals surface area contributed by atoms with Crippen molar-refractivity contribution in [1.82, 2.24) is 5.32 Å². The Morgan fingerprint density at radius 2 is 0.778 bits per heavy atom. The molecule has 520 valence electrons. The fraction of sp³-hybridized carbons (Fsp3) is 0.776. The summed E-state index contributed by atoms with van der Waals surface area (Å²) < 4.78 is 22.8. The third kappa shape index (κ3) is 43.0. The molecule has 0 bridgehead atoms. The molecule has 9 N–H and O–H groups in total. The molecule has 2 rings (SSSR count). The van der Waals surface area contributed by atoms with Crippen LogP contribution in [0.1, 0.15) is 284 Å². The van der Waals surface area contributed by atoms with Gasteiger partial charge >= 0.3 is 0 Å². The van der Waals surface area contributed by atoms with Crippen molar-refractivity contribution in [2.45, 2.75) is 357 Å². The normalized spacial score (nSPS) is 23.5. The van der Waals surface area contributed by atoms with Crippen LogP contribution in [0.15, 0.2) is 97.2 Å². The van der Waals surface area contributed by atoms with Gasteiger partial charge < -0.3 is 65.1 Å². The topological polar surface area (TPSA) is 228 Å². The van der Waals surface area contributed by atoms with Gasteiger partial charge in [-0.3, -0.25) is 4.79 Å². The van der Waals surface area contributed by atoms with Crippen molar-refractivity contribution in [2.75, 3.05) is 19.8 Å². The first-order chi connectivity index (χ1) is 44.1. The van der Waals surface area contributed by atoms with E-state index in [0.29, 0.717) is 12.8 Å². The highest BCUT2D eigenvalue weighted by Gasteiger charge is 2.51. The smallest absolute Gasteiger partial charge is 0.220 e. The third-order valence-corrected chi connectivity index (χ3v) is 17.2. The molecule has 12 atom stereocenters. The number of hydrogen-bond donors (Lipinski definition) is 9. The lowest BCUT2D eigenvalue weighted by molar-refractivity contribution is -0.359. The molecule has 0 aromatic heterocycles. The van der Waals surface area contributed by atoms with Crippen molar-refractivity contribution in [1.29, 1.82) is 0 Å². The van der Waals surface area contributed by atoms with Gasteiger partial charge in [-0.2, -0.15) is 0 Å². The van der Waals surface area contributed by atoms with Crippen molar-refractivity contribution >= 4 is 5.91 Å². The molecule has 0 radical (unpaired) electrons. The Kier molecular flexibility index (Phi) is 55.0. The van der Waals surface area contributed by atoms with Crippen LogP contribution in [0.2, 0.25) is 0 Å². The Morgan fingerprint density at radius 3 is 1.22 bits per heavy atom. The summed E-state index contributed by atoms with van der Waals surface area (Å²) in [5.74, 6) is -0.266. The molecule has 2 saturated heterocycles. The molecule has 0 saturated carbocycles. The maximum Gasteiger partial charge on any atom is 0.220 e.